The van der Waals surface area contributed by atoms with Gasteiger partial charge in [0.25, 0.3) is 0 Å². The molecule has 1 unspecified atom stereocenters. The first-order chi connectivity index (χ1) is 16.7. The first-order valence-corrected chi connectivity index (χ1v) is 13.6. The van der Waals surface area contributed by atoms with Gasteiger partial charge >= 0.3 is 6.09 Å². The second-order valence-corrected chi connectivity index (χ2v) is 11.7. The van der Waals surface area contributed by atoms with Gasteiger partial charge in [-0.1, -0.05) is 0 Å². The summed E-state index contributed by atoms with van der Waals surface area (Å²) in [6.45, 7) is 0.699. The fraction of sp³-hybridized carbons (Fsp3) is 0.542. The Morgan fingerprint density at radius 2 is 1.94 bits per heavy atom. The Labute approximate surface area is 204 Å². The van der Waals surface area contributed by atoms with Gasteiger partial charge < -0.3 is 15.4 Å². The van der Waals surface area contributed by atoms with E-state index in [0.29, 0.717) is 24.3 Å². The maximum absolute atomic E-state index is 14.2. The smallest absolute Gasteiger partial charge is 0.407 e. The quantitative estimate of drug-likeness (QED) is 0.520. The molecule has 0 saturated heterocycles. The monoisotopic (exact) mass is 503 g/mol. The number of hydrogen-bond acceptors (Lipinski definition) is 7. The molecule has 1 heterocycles. The van der Waals surface area contributed by atoms with Crippen molar-refractivity contribution in [3.8, 4) is 0 Å². The fourth-order valence-corrected chi connectivity index (χ4v) is 5.94. The van der Waals surface area contributed by atoms with Gasteiger partial charge in [-0.25, -0.2) is 32.7 Å². The number of aromatic nitrogens is 2. The molecule has 0 radical (unpaired) electrons. The minimum atomic E-state index is -3.99. The molecular weight excluding hydrogens is 473 g/mol. The van der Waals surface area contributed by atoms with Crippen LogP contribution in [0.15, 0.2) is 35.5 Å². The van der Waals surface area contributed by atoms with E-state index < -0.39 is 15.8 Å². The minimum Gasteiger partial charge on any atom is -0.446 e. The van der Waals surface area contributed by atoms with Gasteiger partial charge in [0, 0.05) is 18.9 Å². The number of rotatable bonds is 7. The zero-order valence-corrected chi connectivity index (χ0v) is 20.2. The third kappa shape index (κ3) is 5.72. The van der Waals surface area contributed by atoms with Crippen molar-refractivity contribution in [2.75, 3.05) is 11.9 Å². The molecule has 3 aliphatic carbocycles. The fourth-order valence-electron chi connectivity index (χ4n) is 5.41. The summed E-state index contributed by atoms with van der Waals surface area (Å²) in [5.41, 5.74) is 1.57. The highest BCUT2D eigenvalue weighted by Gasteiger charge is 2.47. The molecule has 1 aromatic heterocycles. The average Bonchev–Trinajstić information content (AvgIpc) is 3.21. The molecule has 188 valence electrons. The number of anilines is 2. The van der Waals surface area contributed by atoms with E-state index in [1.54, 1.807) is 12.4 Å². The lowest BCUT2D eigenvalue weighted by Gasteiger charge is -2.16. The van der Waals surface area contributed by atoms with Crippen LogP contribution in [0.4, 0.5) is 20.8 Å². The Hall–Kier alpha value is -2.79. The highest BCUT2D eigenvalue weighted by atomic mass is 32.2. The molecule has 5 rings (SSSR count). The molecule has 1 spiro atoms. The number of ether oxygens (including phenoxy) is 1. The zero-order valence-electron chi connectivity index (χ0n) is 19.4. The summed E-state index contributed by atoms with van der Waals surface area (Å²) in [4.78, 5) is 20.5. The molecule has 1 aromatic carbocycles. The van der Waals surface area contributed by atoms with E-state index in [1.807, 2.05) is 0 Å². The lowest BCUT2D eigenvalue weighted by molar-refractivity contribution is 0.0989. The Morgan fingerprint density at radius 1 is 1.17 bits per heavy atom. The number of carbonyl (C=O) groups is 1. The van der Waals surface area contributed by atoms with Gasteiger partial charge in [0.15, 0.2) is 0 Å². The average molecular weight is 504 g/mol. The van der Waals surface area contributed by atoms with Crippen molar-refractivity contribution in [1.82, 2.24) is 15.3 Å². The van der Waals surface area contributed by atoms with Gasteiger partial charge in [0.1, 0.15) is 11.9 Å². The third-order valence-corrected chi connectivity index (χ3v) is 8.52. The summed E-state index contributed by atoms with van der Waals surface area (Å²) in [5.74, 6) is 0.155. The minimum absolute atomic E-state index is 0.0374. The number of hydrogen-bond donors (Lipinski definition) is 3. The van der Waals surface area contributed by atoms with E-state index in [-0.39, 0.29) is 34.6 Å². The van der Waals surface area contributed by atoms with Crippen LogP contribution in [0.5, 0.6) is 0 Å². The predicted molar refractivity (Wildman–Crippen MR) is 127 cm³/mol. The number of carbonyl (C=O) groups excluding carboxylic acids is 1. The molecule has 3 atom stereocenters. The molecule has 3 aliphatic rings. The summed E-state index contributed by atoms with van der Waals surface area (Å²) >= 11 is 0. The van der Waals surface area contributed by atoms with Crippen molar-refractivity contribution in [3.05, 3.63) is 42.0 Å². The van der Waals surface area contributed by atoms with Crippen LogP contribution in [0.1, 0.15) is 62.8 Å². The van der Waals surface area contributed by atoms with Crippen LogP contribution in [0.3, 0.4) is 0 Å². The van der Waals surface area contributed by atoms with Crippen LogP contribution >= 0.6 is 0 Å². The molecule has 4 N–H and O–H groups in total. The lowest BCUT2D eigenvalue weighted by atomic mass is 10.0. The topological polar surface area (TPSA) is 136 Å². The van der Waals surface area contributed by atoms with Crippen molar-refractivity contribution in [2.45, 2.75) is 68.3 Å². The molecule has 0 aliphatic heterocycles. The highest BCUT2D eigenvalue weighted by molar-refractivity contribution is 7.89. The maximum atomic E-state index is 14.2. The molecule has 0 bridgehead atoms. The van der Waals surface area contributed by atoms with E-state index in [4.69, 9.17) is 9.88 Å². The molecule has 1 amide bonds. The zero-order chi connectivity index (χ0) is 24.6. The van der Waals surface area contributed by atoms with Crippen LogP contribution in [0, 0.1) is 17.2 Å². The third-order valence-electron chi connectivity index (χ3n) is 7.61. The molecule has 9 nitrogen and oxygen atoms in total. The van der Waals surface area contributed by atoms with Crippen LogP contribution in [0.2, 0.25) is 0 Å². The summed E-state index contributed by atoms with van der Waals surface area (Å²) < 4.78 is 42.6. The van der Waals surface area contributed by atoms with E-state index in [9.17, 15) is 17.6 Å². The molecular formula is C24H30FN5O4S. The van der Waals surface area contributed by atoms with Gasteiger partial charge in [-0.15, -0.1) is 0 Å². The number of benzene rings is 1. The number of primary sulfonamides is 1. The number of amides is 1. The number of sulfonamides is 1. The molecule has 3 saturated carbocycles. The first-order valence-electron chi connectivity index (χ1n) is 12.0. The van der Waals surface area contributed by atoms with Crippen molar-refractivity contribution >= 4 is 27.8 Å². The second kappa shape index (κ2) is 9.34. The van der Waals surface area contributed by atoms with Gasteiger partial charge in [-0.3, -0.25) is 0 Å². The number of nitrogens with zero attached hydrogens (tertiary/aromatic N) is 2. The van der Waals surface area contributed by atoms with Gasteiger partial charge in [-0.2, -0.15) is 0 Å². The van der Waals surface area contributed by atoms with Crippen LogP contribution in [-0.2, 0) is 14.8 Å². The largest absolute Gasteiger partial charge is 0.446 e. The van der Waals surface area contributed by atoms with E-state index >= 15 is 0 Å². The second-order valence-electron chi connectivity index (χ2n) is 10.2. The predicted octanol–water partition coefficient (Wildman–Crippen LogP) is 3.95. The molecule has 35 heavy (non-hydrogen) atoms. The Kier molecular flexibility index (Phi) is 6.39. The van der Waals surface area contributed by atoms with Crippen molar-refractivity contribution in [3.63, 3.8) is 0 Å². The maximum Gasteiger partial charge on any atom is 0.407 e. The van der Waals surface area contributed by atoms with Gasteiger partial charge in [0.2, 0.25) is 16.0 Å². The van der Waals surface area contributed by atoms with Crippen molar-refractivity contribution in [1.29, 1.82) is 0 Å². The van der Waals surface area contributed by atoms with Crippen LogP contribution < -0.4 is 15.8 Å². The Balaban J connectivity index is 1.09. The lowest BCUT2D eigenvalue weighted by Crippen LogP contribution is -2.31. The SMILES string of the molecule is NS(=O)(=O)c1ccc(Nc2ncc([C@@H]3CC[C@H](OC(=O)NCC4CCC5(CC5)C4)C3)cn2)c(F)c1. The van der Waals surface area contributed by atoms with E-state index in [2.05, 4.69) is 20.6 Å². The van der Waals surface area contributed by atoms with Crippen molar-refractivity contribution < 1.29 is 22.3 Å². The number of nitrogens with one attached hydrogen (secondary N) is 2. The van der Waals surface area contributed by atoms with Crippen LogP contribution in [0.25, 0.3) is 0 Å². The van der Waals surface area contributed by atoms with E-state index in [1.165, 1.54) is 44.2 Å². The Morgan fingerprint density at radius 3 is 2.60 bits per heavy atom. The Bertz CT molecular complexity index is 1200. The van der Waals surface area contributed by atoms with Gasteiger partial charge in [-0.05, 0) is 92.4 Å². The summed E-state index contributed by atoms with van der Waals surface area (Å²) in [5, 5.41) is 10.7. The number of nitrogens with two attached hydrogens (primary N) is 1. The van der Waals surface area contributed by atoms with Gasteiger partial charge in [0.05, 0.1) is 10.6 Å². The number of alkyl carbamates (subject to hydrolysis) is 1. The first kappa shape index (κ1) is 23.9. The highest BCUT2D eigenvalue weighted by Crippen LogP contribution is 2.59. The number of halogens is 1. The van der Waals surface area contributed by atoms with E-state index in [0.717, 1.165) is 24.5 Å². The summed E-state index contributed by atoms with van der Waals surface area (Å²) in [7, 11) is -3.99. The summed E-state index contributed by atoms with van der Waals surface area (Å²) in [6, 6.07) is 3.33. The van der Waals surface area contributed by atoms with Crippen LogP contribution in [-0.4, -0.2) is 37.1 Å². The summed E-state index contributed by atoms with van der Waals surface area (Å²) in [6.07, 6.45) is 11.7. The molecule has 11 heteroatoms. The molecule has 3 fully saturated rings. The molecule has 2 aromatic rings. The normalized spacial score (nSPS) is 24.9. The standard InChI is InChI=1S/C24H30FN5O4S/c25-20-10-19(35(26,32)33)3-4-21(20)30-22-27-13-17(14-28-22)16-1-2-18(9-16)34-23(31)29-12-15-5-6-24(11-15)7-8-24/h3-4,10,13-16,18H,1-2,5-9,11-12H2,(H,29,31)(H2,26,32,33)(H,27,28,30)/t15?,16-,18+/m1/s1. The van der Waals surface area contributed by atoms with Crippen molar-refractivity contribution in [2.24, 2.45) is 16.5 Å².